The van der Waals surface area contributed by atoms with Crippen molar-refractivity contribution in [2.75, 3.05) is 6.54 Å². The Morgan fingerprint density at radius 2 is 1.96 bits per heavy atom. The van der Waals surface area contributed by atoms with Gasteiger partial charge in [0.1, 0.15) is 6.54 Å². The molecule has 2 amide bonds. The quantitative estimate of drug-likeness (QED) is 0.783. The fraction of sp³-hybridized carbons (Fsp3) is 0.500. The zero-order valence-corrected chi connectivity index (χ0v) is 16.1. The van der Waals surface area contributed by atoms with Crippen LogP contribution in [0.15, 0.2) is 24.3 Å². The van der Waals surface area contributed by atoms with Crippen LogP contribution in [0, 0.1) is 0 Å². The number of urea groups is 1. The van der Waals surface area contributed by atoms with E-state index in [-0.39, 0.29) is 12.6 Å². The number of hydrogen-bond acceptors (Lipinski definition) is 3. The molecule has 2 aliphatic rings. The van der Waals surface area contributed by atoms with Gasteiger partial charge in [-0.3, -0.25) is 9.52 Å². The van der Waals surface area contributed by atoms with Gasteiger partial charge in [-0.05, 0) is 30.9 Å². The molecule has 2 heterocycles. The molecular weight excluding hydrogens is 362 g/mol. The molecule has 2 aromatic rings. The van der Waals surface area contributed by atoms with E-state index in [1.165, 1.54) is 32.1 Å². The highest BCUT2D eigenvalue weighted by Gasteiger charge is 2.27. The highest BCUT2D eigenvalue weighted by Crippen LogP contribution is 2.31. The maximum atomic E-state index is 12.7. The van der Waals surface area contributed by atoms with Gasteiger partial charge in [-0.2, -0.15) is 0 Å². The third-order valence-electron chi connectivity index (χ3n) is 5.61. The summed E-state index contributed by atoms with van der Waals surface area (Å²) >= 11 is 1.57. The number of amides is 2. The Morgan fingerprint density at radius 1 is 1.19 bits per heavy atom. The van der Waals surface area contributed by atoms with Crippen LogP contribution in [0.2, 0.25) is 0 Å². The Bertz CT molecular complexity index is 858. The molecule has 0 radical (unpaired) electrons. The van der Waals surface area contributed by atoms with Crippen LogP contribution in [0.4, 0.5) is 4.79 Å². The van der Waals surface area contributed by atoms with Crippen molar-refractivity contribution in [1.82, 2.24) is 14.2 Å². The summed E-state index contributed by atoms with van der Waals surface area (Å²) in [7, 11) is 0. The molecule has 0 saturated heterocycles. The van der Waals surface area contributed by atoms with Crippen LogP contribution in [0.25, 0.3) is 10.9 Å². The predicted octanol–water partition coefficient (Wildman–Crippen LogP) is 3.77. The Kier molecular flexibility index (Phi) is 5.29. The standard InChI is InChI=1S/C20H25N3O3S/c24-19(25)13-23-17-9-5-4-8-15(17)16-12-22(11-10-18(16)23)20(26)21-27-14-6-2-1-3-7-14/h4-5,8-9,14H,1-3,6-7,10-13H2,(H,21,26)(H,24,25). The summed E-state index contributed by atoms with van der Waals surface area (Å²) in [6.45, 7) is 1.10. The summed E-state index contributed by atoms with van der Waals surface area (Å²) in [6.07, 6.45) is 6.85. The molecule has 0 spiro atoms. The Morgan fingerprint density at radius 3 is 2.74 bits per heavy atom. The van der Waals surface area contributed by atoms with Crippen molar-refractivity contribution >= 4 is 34.9 Å². The predicted molar refractivity (Wildman–Crippen MR) is 107 cm³/mol. The summed E-state index contributed by atoms with van der Waals surface area (Å²) in [5.41, 5.74) is 3.06. The number of nitrogens with zero attached hydrogens (tertiary/aromatic N) is 2. The highest BCUT2D eigenvalue weighted by atomic mass is 32.2. The minimum atomic E-state index is -0.845. The smallest absolute Gasteiger partial charge is 0.327 e. The summed E-state index contributed by atoms with van der Waals surface area (Å²) in [4.78, 5) is 25.8. The molecule has 27 heavy (non-hydrogen) atoms. The van der Waals surface area contributed by atoms with Crippen LogP contribution >= 0.6 is 11.9 Å². The zero-order chi connectivity index (χ0) is 18.8. The van der Waals surface area contributed by atoms with Crippen LogP contribution in [0.3, 0.4) is 0 Å². The van der Waals surface area contributed by atoms with Crippen molar-refractivity contribution in [3.63, 3.8) is 0 Å². The molecule has 1 aromatic heterocycles. The average Bonchev–Trinajstić information content (AvgIpc) is 3.00. The van der Waals surface area contributed by atoms with Crippen LogP contribution < -0.4 is 4.72 Å². The summed E-state index contributed by atoms with van der Waals surface area (Å²) < 4.78 is 4.93. The second kappa shape index (κ2) is 7.84. The van der Waals surface area contributed by atoms with Crippen molar-refractivity contribution in [2.45, 2.75) is 56.9 Å². The molecular formula is C20H25N3O3S. The van der Waals surface area contributed by atoms with E-state index in [1.807, 2.05) is 33.7 Å². The Labute approximate surface area is 163 Å². The van der Waals surface area contributed by atoms with Gasteiger partial charge >= 0.3 is 12.0 Å². The van der Waals surface area contributed by atoms with E-state index in [4.69, 9.17) is 0 Å². The number of carbonyl (C=O) groups is 2. The highest BCUT2D eigenvalue weighted by molar-refractivity contribution is 7.98. The first-order chi connectivity index (χ1) is 13.1. The first-order valence-electron chi connectivity index (χ1n) is 9.65. The van der Waals surface area contributed by atoms with Crippen LogP contribution in [-0.4, -0.2) is 38.4 Å². The molecule has 1 aromatic carbocycles. The lowest BCUT2D eigenvalue weighted by Crippen LogP contribution is -2.41. The molecule has 1 aliphatic heterocycles. The van der Waals surface area contributed by atoms with Gasteiger partial charge < -0.3 is 14.6 Å². The number of aliphatic carboxylic acids is 1. The van der Waals surface area contributed by atoms with E-state index in [2.05, 4.69) is 4.72 Å². The number of aromatic nitrogens is 1. The van der Waals surface area contributed by atoms with Crippen molar-refractivity contribution in [3.05, 3.63) is 35.5 Å². The molecule has 1 fully saturated rings. The lowest BCUT2D eigenvalue weighted by atomic mass is 10.0. The van der Waals surface area contributed by atoms with E-state index in [0.717, 1.165) is 22.2 Å². The van der Waals surface area contributed by atoms with E-state index in [9.17, 15) is 14.7 Å². The summed E-state index contributed by atoms with van der Waals surface area (Å²) in [5.74, 6) is -0.845. The number of carboxylic acids is 1. The number of carboxylic acid groups (broad SMARTS) is 1. The van der Waals surface area contributed by atoms with Gasteiger partial charge in [0, 0.05) is 46.9 Å². The van der Waals surface area contributed by atoms with Crippen molar-refractivity contribution in [3.8, 4) is 0 Å². The van der Waals surface area contributed by atoms with Gasteiger partial charge in [-0.1, -0.05) is 37.5 Å². The Hall–Kier alpha value is -2.15. The first-order valence-corrected chi connectivity index (χ1v) is 10.5. The van der Waals surface area contributed by atoms with Gasteiger partial charge in [0.25, 0.3) is 0 Å². The van der Waals surface area contributed by atoms with Crippen molar-refractivity contribution in [1.29, 1.82) is 0 Å². The molecule has 0 bridgehead atoms. The van der Waals surface area contributed by atoms with Crippen LogP contribution in [0.5, 0.6) is 0 Å². The van der Waals surface area contributed by atoms with Gasteiger partial charge in [0.15, 0.2) is 0 Å². The molecule has 2 N–H and O–H groups in total. The maximum absolute atomic E-state index is 12.7. The maximum Gasteiger partial charge on any atom is 0.327 e. The van der Waals surface area contributed by atoms with E-state index in [0.29, 0.717) is 24.8 Å². The SMILES string of the molecule is O=C(O)Cn1c2c(c3ccccc31)CN(C(=O)NSC1CCCCC1)CC2. The third kappa shape index (κ3) is 3.78. The topological polar surface area (TPSA) is 74.6 Å². The molecule has 1 saturated carbocycles. The fourth-order valence-corrected chi connectivity index (χ4v) is 5.24. The number of benzene rings is 1. The lowest BCUT2D eigenvalue weighted by molar-refractivity contribution is -0.137. The monoisotopic (exact) mass is 387 g/mol. The number of para-hydroxylation sites is 1. The average molecular weight is 388 g/mol. The third-order valence-corrected chi connectivity index (χ3v) is 6.70. The van der Waals surface area contributed by atoms with Crippen molar-refractivity contribution in [2.24, 2.45) is 0 Å². The summed E-state index contributed by atoms with van der Waals surface area (Å²) in [5, 5.41) is 10.9. The second-order valence-electron chi connectivity index (χ2n) is 7.38. The lowest BCUT2D eigenvalue weighted by Gasteiger charge is -2.29. The summed E-state index contributed by atoms with van der Waals surface area (Å²) in [6, 6.07) is 7.83. The molecule has 7 heteroatoms. The second-order valence-corrected chi connectivity index (χ2v) is 8.49. The molecule has 144 valence electrons. The normalized spacial score (nSPS) is 17.7. The fourth-order valence-electron chi connectivity index (χ4n) is 4.27. The Balaban J connectivity index is 1.50. The van der Waals surface area contributed by atoms with Gasteiger partial charge in [0.2, 0.25) is 0 Å². The van der Waals surface area contributed by atoms with Crippen molar-refractivity contribution < 1.29 is 14.7 Å². The van der Waals surface area contributed by atoms with E-state index >= 15 is 0 Å². The number of hydrogen-bond donors (Lipinski definition) is 2. The van der Waals surface area contributed by atoms with Crippen LogP contribution in [0.1, 0.15) is 43.4 Å². The first kappa shape index (κ1) is 18.2. The molecule has 4 rings (SSSR count). The minimum absolute atomic E-state index is 0.0358. The zero-order valence-electron chi connectivity index (χ0n) is 15.3. The van der Waals surface area contributed by atoms with Gasteiger partial charge in [0.05, 0.1) is 0 Å². The van der Waals surface area contributed by atoms with E-state index < -0.39 is 5.97 Å². The molecule has 0 atom stereocenters. The number of nitrogens with one attached hydrogen (secondary N) is 1. The molecule has 6 nitrogen and oxygen atoms in total. The van der Waals surface area contributed by atoms with E-state index in [1.54, 1.807) is 11.9 Å². The van der Waals surface area contributed by atoms with Gasteiger partial charge in [-0.25, -0.2) is 4.79 Å². The number of rotatable bonds is 4. The molecule has 1 aliphatic carbocycles. The largest absolute Gasteiger partial charge is 0.480 e. The minimum Gasteiger partial charge on any atom is -0.480 e. The van der Waals surface area contributed by atoms with Crippen LogP contribution in [-0.2, 0) is 24.3 Å². The molecule has 0 unspecified atom stereocenters. The number of fused-ring (bicyclic) bond motifs is 3. The number of carbonyl (C=O) groups excluding carboxylic acids is 1. The van der Waals surface area contributed by atoms with Gasteiger partial charge in [-0.15, -0.1) is 0 Å².